The maximum Gasteiger partial charge on any atom is 0.245 e. The zero-order valence-corrected chi connectivity index (χ0v) is 21.2. The van der Waals surface area contributed by atoms with E-state index < -0.39 is 22.5 Å². The van der Waals surface area contributed by atoms with Crippen molar-refractivity contribution in [1.82, 2.24) is 0 Å². The molecule has 1 N–H and O–H groups in total. The van der Waals surface area contributed by atoms with E-state index in [0.717, 1.165) is 27.4 Å². The Morgan fingerprint density at radius 3 is 2.35 bits per heavy atom. The van der Waals surface area contributed by atoms with Crippen molar-refractivity contribution in [2.24, 2.45) is 0 Å². The van der Waals surface area contributed by atoms with Crippen LogP contribution in [0, 0.1) is 6.92 Å². The number of carbonyl (C=O) groups excluding carboxylic acids is 1. The van der Waals surface area contributed by atoms with Crippen LogP contribution in [0.25, 0.3) is 0 Å². The lowest BCUT2D eigenvalue weighted by atomic mass is 10.1. The third kappa shape index (κ3) is 6.68. The van der Waals surface area contributed by atoms with Gasteiger partial charge in [0, 0.05) is 22.4 Å². The van der Waals surface area contributed by atoms with Crippen LogP contribution in [-0.4, -0.2) is 41.3 Å². The number of sulfonamides is 1. The van der Waals surface area contributed by atoms with Crippen molar-refractivity contribution in [2.45, 2.75) is 17.6 Å². The van der Waals surface area contributed by atoms with Crippen LogP contribution in [0.15, 0.2) is 71.6 Å². The van der Waals surface area contributed by atoms with Crippen molar-refractivity contribution in [3.05, 3.63) is 77.9 Å². The van der Waals surface area contributed by atoms with E-state index in [4.69, 9.17) is 9.47 Å². The topological polar surface area (TPSA) is 84.9 Å². The second-order valence-corrected chi connectivity index (χ2v) is 10.6. The fourth-order valence-electron chi connectivity index (χ4n) is 3.33. The molecule has 9 heteroatoms. The van der Waals surface area contributed by atoms with E-state index in [2.05, 4.69) is 17.4 Å². The fourth-order valence-corrected chi connectivity index (χ4v) is 5.05. The number of carbonyl (C=O) groups is 1. The van der Waals surface area contributed by atoms with Crippen molar-refractivity contribution in [2.75, 3.05) is 36.6 Å². The number of hydrogen-bond acceptors (Lipinski definition) is 6. The molecule has 0 unspecified atom stereocenters. The number of anilines is 2. The number of aryl methyl sites for hydroxylation is 1. The average molecular weight is 501 g/mol. The van der Waals surface area contributed by atoms with Crippen molar-refractivity contribution in [3.8, 4) is 11.5 Å². The standard InChI is InChI=1S/C25H28N2O5S2/c1-18-14-19(17-33-21-8-6-5-7-9-21)10-12-22(18)26-25(28)16-27(34(4,29)30)23-13-11-20(31-2)15-24(23)32-3/h5-15H,16-17H2,1-4H3,(H,26,28). The molecule has 0 heterocycles. The number of amides is 1. The monoisotopic (exact) mass is 500 g/mol. The minimum absolute atomic E-state index is 0.256. The Bertz CT molecular complexity index is 1250. The summed E-state index contributed by atoms with van der Waals surface area (Å²) in [6.45, 7) is 1.51. The lowest BCUT2D eigenvalue weighted by Crippen LogP contribution is -2.37. The Morgan fingerprint density at radius 2 is 1.74 bits per heavy atom. The first-order valence-electron chi connectivity index (χ1n) is 10.5. The third-order valence-corrected chi connectivity index (χ3v) is 7.27. The van der Waals surface area contributed by atoms with E-state index in [1.807, 2.05) is 43.3 Å². The lowest BCUT2D eigenvalue weighted by Gasteiger charge is -2.24. The summed E-state index contributed by atoms with van der Waals surface area (Å²) in [4.78, 5) is 14.0. The van der Waals surface area contributed by atoms with Crippen LogP contribution in [0.5, 0.6) is 11.5 Å². The molecule has 3 aromatic carbocycles. The molecular formula is C25H28N2O5S2. The third-order valence-electron chi connectivity index (χ3n) is 5.06. The molecule has 180 valence electrons. The summed E-state index contributed by atoms with van der Waals surface area (Å²) in [7, 11) is -0.825. The molecule has 0 bridgehead atoms. The van der Waals surface area contributed by atoms with Gasteiger partial charge in [0.1, 0.15) is 18.0 Å². The highest BCUT2D eigenvalue weighted by atomic mass is 32.2. The number of rotatable bonds is 10. The van der Waals surface area contributed by atoms with E-state index in [1.165, 1.54) is 19.1 Å². The quantitative estimate of drug-likeness (QED) is 0.406. The van der Waals surface area contributed by atoms with Gasteiger partial charge >= 0.3 is 0 Å². The summed E-state index contributed by atoms with van der Waals surface area (Å²) < 4.78 is 36.5. The minimum Gasteiger partial charge on any atom is -0.497 e. The zero-order chi connectivity index (χ0) is 24.7. The second-order valence-electron chi connectivity index (χ2n) is 7.61. The highest BCUT2D eigenvalue weighted by Crippen LogP contribution is 2.33. The predicted molar refractivity (Wildman–Crippen MR) is 138 cm³/mol. The average Bonchev–Trinajstić information content (AvgIpc) is 2.82. The van der Waals surface area contributed by atoms with Gasteiger partial charge in [-0.25, -0.2) is 8.42 Å². The zero-order valence-electron chi connectivity index (χ0n) is 19.6. The Hall–Kier alpha value is -3.17. The molecular weight excluding hydrogens is 472 g/mol. The molecule has 0 saturated heterocycles. The van der Waals surface area contributed by atoms with Gasteiger partial charge in [-0.05, 0) is 48.4 Å². The predicted octanol–water partition coefficient (Wildman–Crippen LogP) is 4.71. The highest BCUT2D eigenvalue weighted by molar-refractivity contribution is 7.98. The molecule has 0 aliphatic rings. The number of nitrogens with zero attached hydrogens (tertiary/aromatic N) is 1. The largest absolute Gasteiger partial charge is 0.497 e. The minimum atomic E-state index is -3.76. The van der Waals surface area contributed by atoms with Gasteiger partial charge in [-0.15, -0.1) is 11.8 Å². The summed E-state index contributed by atoms with van der Waals surface area (Å²) in [6, 6.07) is 20.7. The Morgan fingerprint density at radius 1 is 1.00 bits per heavy atom. The normalized spacial score (nSPS) is 11.1. The first kappa shape index (κ1) is 25.5. The first-order chi connectivity index (χ1) is 16.2. The number of hydrogen-bond donors (Lipinski definition) is 1. The highest BCUT2D eigenvalue weighted by Gasteiger charge is 2.24. The van der Waals surface area contributed by atoms with E-state index in [0.29, 0.717) is 11.4 Å². The molecule has 0 fully saturated rings. The number of nitrogens with one attached hydrogen (secondary N) is 1. The van der Waals surface area contributed by atoms with Gasteiger partial charge < -0.3 is 14.8 Å². The van der Waals surface area contributed by atoms with Crippen LogP contribution < -0.4 is 19.1 Å². The van der Waals surface area contributed by atoms with Crippen LogP contribution in [0.4, 0.5) is 11.4 Å². The SMILES string of the molecule is COc1ccc(N(CC(=O)Nc2ccc(CSc3ccccc3)cc2C)S(C)(=O)=O)c(OC)c1. The van der Waals surface area contributed by atoms with Gasteiger partial charge in [0.15, 0.2) is 0 Å². The number of methoxy groups -OCH3 is 2. The first-order valence-corrected chi connectivity index (χ1v) is 13.3. The molecule has 3 aromatic rings. The van der Waals surface area contributed by atoms with Crippen molar-refractivity contribution >= 4 is 39.1 Å². The van der Waals surface area contributed by atoms with Crippen LogP contribution in [0.3, 0.4) is 0 Å². The second kappa shape index (κ2) is 11.3. The van der Waals surface area contributed by atoms with Gasteiger partial charge in [0.2, 0.25) is 15.9 Å². The summed E-state index contributed by atoms with van der Waals surface area (Å²) in [5, 5.41) is 2.83. The molecule has 0 aliphatic heterocycles. The van der Waals surface area contributed by atoms with Gasteiger partial charge in [-0.1, -0.05) is 30.3 Å². The van der Waals surface area contributed by atoms with Crippen molar-refractivity contribution in [3.63, 3.8) is 0 Å². The van der Waals surface area contributed by atoms with Gasteiger partial charge in [-0.3, -0.25) is 9.10 Å². The van der Waals surface area contributed by atoms with Crippen LogP contribution in [0.2, 0.25) is 0 Å². The molecule has 3 rings (SSSR count). The molecule has 7 nitrogen and oxygen atoms in total. The van der Waals surface area contributed by atoms with Crippen LogP contribution in [0.1, 0.15) is 11.1 Å². The maximum atomic E-state index is 12.8. The van der Waals surface area contributed by atoms with Gasteiger partial charge in [0.05, 0.1) is 26.2 Å². The molecule has 34 heavy (non-hydrogen) atoms. The molecule has 1 amide bonds. The van der Waals surface area contributed by atoms with Gasteiger partial charge in [0.25, 0.3) is 0 Å². The van der Waals surface area contributed by atoms with E-state index in [-0.39, 0.29) is 11.4 Å². The Balaban J connectivity index is 1.72. The number of ether oxygens (including phenoxy) is 2. The smallest absolute Gasteiger partial charge is 0.245 e. The molecule has 0 aromatic heterocycles. The molecule has 0 radical (unpaired) electrons. The Kier molecular flexibility index (Phi) is 8.46. The van der Waals surface area contributed by atoms with Gasteiger partial charge in [-0.2, -0.15) is 0 Å². The molecule has 0 spiro atoms. The molecule has 0 aliphatic carbocycles. The summed E-state index contributed by atoms with van der Waals surface area (Å²) >= 11 is 1.74. The van der Waals surface area contributed by atoms with Crippen LogP contribution >= 0.6 is 11.8 Å². The summed E-state index contributed by atoms with van der Waals surface area (Å²) in [5.74, 6) is 1.14. The van der Waals surface area contributed by atoms with Crippen molar-refractivity contribution < 1.29 is 22.7 Å². The molecule has 0 atom stereocenters. The van der Waals surface area contributed by atoms with E-state index in [1.54, 1.807) is 30.0 Å². The number of benzene rings is 3. The lowest BCUT2D eigenvalue weighted by molar-refractivity contribution is -0.114. The summed E-state index contributed by atoms with van der Waals surface area (Å²) in [5.41, 5.74) is 2.91. The van der Waals surface area contributed by atoms with E-state index >= 15 is 0 Å². The van der Waals surface area contributed by atoms with Crippen LogP contribution in [-0.2, 0) is 20.6 Å². The number of thioether (sulfide) groups is 1. The van der Waals surface area contributed by atoms with Crippen molar-refractivity contribution in [1.29, 1.82) is 0 Å². The molecule has 0 saturated carbocycles. The maximum absolute atomic E-state index is 12.8. The van der Waals surface area contributed by atoms with E-state index in [9.17, 15) is 13.2 Å². The Labute approximate surface area is 205 Å². The fraction of sp³-hybridized carbons (Fsp3) is 0.240. The summed E-state index contributed by atoms with van der Waals surface area (Å²) in [6.07, 6.45) is 1.05.